The van der Waals surface area contributed by atoms with Gasteiger partial charge in [-0.3, -0.25) is 0 Å². The van der Waals surface area contributed by atoms with E-state index >= 15 is 0 Å². The van der Waals surface area contributed by atoms with Crippen molar-refractivity contribution in [3.05, 3.63) is 11.8 Å². The predicted octanol–water partition coefficient (Wildman–Crippen LogP) is 1.31. The van der Waals surface area contributed by atoms with Crippen LogP contribution in [0, 0.1) is 22.7 Å². The molecule has 0 aromatic rings. The standard InChI is InChI=1S/C8H11N3/c1-2-3-8(6-10)7-11-5-4-9/h7,11H,2-3,5H2,1H3. The molecule has 0 unspecified atom stereocenters. The predicted molar refractivity (Wildman–Crippen MR) is 42.2 cm³/mol. The van der Waals surface area contributed by atoms with Gasteiger partial charge in [0, 0.05) is 11.8 Å². The van der Waals surface area contributed by atoms with E-state index in [0.29, 0.717) is 5.57 Å². The molecule has 11 heavy (non-hydrogen) atoms. The van der Waals surface area contributed by atoms with Gasteiger partial charge >= 0.3 is 0 Å². The maximum atomic E-state index is 8.52. The third kappa shape index (κ3) is 4.99. The van der Waals surface area contributed by atoms with Crippen LogP contribution in [0.1, 0.15) is 19.8 Å². The summed E-state index contributed by atoms with van der Waals surface area (Å²) in [5, 5.41) is 19.4. The second kappa shape index (κ2) is 6.64. The monoisotopic (exact) mass is 149 g/mol. The summed E-state index contributed by atoms with van der Waals surface area (Å²) in [7, 11) is 0. The Labute approximate surface area is 66.9 Å². The molecule has 1 N–H and O–H groups in total. The van der Waals surface area contributed by atoms with Gasteiger partial charge in [0.05, 0.1) is 12.1 Å². The molecule has 0 fully saturated rings. The van der Waals surface area contributed by atoms with Crippen LogP contribution < -0.4 is 5.32 Å². The van der Waals surface area contributed by atoms with Gasteiger partial charge < -0.3 is 5.32 Å². The number of hydrogen-bond donors (Lipinski definition) is 1. The highest BCUT2D eigenvalue weighted by Gasteiger charge is 1.90. The smallest absolute Gasteiger partial charge is 0.102 e. The molecule has 0 atom stereocenters. The lowest BCUT2D eigenvalue weighted by Gasteiger charge is -1.94. The first kappa shape index (κ1) is 9.52. The molecule has 58 valence electrons. The molecule has 0 spiro atoms. The first-order valence-corrected chi connectivity index (χ1v) is 3.54. The average molecular weight is 149 g/mol. The first-order valence-electron chi connectivity index (χ1n) is 3.54. The van der Waals surface area contributed by atoms with Gasteiger partial charge in [0.2, 0.25) is 0 Å². The molecule has 0 radical (unpaired) electrons. The van der Waals surface area contributed by atoms with Crippen LogP contribution in [-0.4, -0.2) is 6.54 Å². The Morgan fingerprint density at radius 3 is 2.73 bits per heavy atom. The molecule has 0 saturated carbocycles. The maximum absolute atomic E-state index is 8.52. The molecule has 0 aliphatic carbocycles. The number of nitrogens with zero attached hydrogens (tertiary/aromatic N) is 2. The van der Waals surface area contributed by atoms with Gasteiger partial charge in [-0.2, -0.15) is 10.5 Å². The molecule has 0 aliphatic rings. The summed E-state index contributed by atoms with van der Waals surface area (Å²) in [5.74, 6) is 0. The Kier molecular flexibility index (Phi) is 5.74. The Morgan fingerprint density at radius 2 is 2.27 bits per heavy atom. The molecule has 3 nitrogen and oxygen atoms in total. The zero-order valence-corrected chi connectivity index (χ0v) is 6.59. The van der Waals surface area contributed by atoms with Crippen molar-refractivity contribution in [3.63, 3.8) is 0 Å². The van der Waals surface area contributed by atoms with Crippen LogP contribution in [0.25, 0.3) is 0 Å². The highest BCUT2D eigenvalue weighted by Crippen LogP contribution is 2.00. The van der Waals surface area contributed by atoms with Gasteiger partial charge in [-0.25, -0.2) is 0 Å². The molecule has 0 rings (SSSR count). The SMILES string of the molecule is CCCC(C#N)=CNCC#N. The lowest BCUT2D eigenvalue weighted by Crippen LogP contribution is -2.05. The van der Waals surface area contributed by atoms with Crippen LogP contribution in [-0.2, 0) is 0 Å². The fourth-order valence-corrected chi connectivity index (χ4v) is 0.650. The summed E-state index contributed by atoms with van der Waals surface area (Å²) >= 11 is 0. The van der Waals surface area contributed by atoms with Crippen LogP contribution >= 0.6 is 0 Å². The molecule has 0 heterocycles. The van der Waals surface area contributed by atoms with Gasteiger partial charge in [-0.1, -0.05) is 13.3 Å². The van der Waals surface area contributed by atoms with Crippen molar-refractivity contribution in [2.75, 3.05) is 6.54 Å². The summed E-state index contributed by atoms with van der Waals surface area (Å²) in [4.78, 5) is 0. The van der Waals surface area contributed by atoms with Crippen LogP contribution in [0.2, 0.25) is 0 Å². The minimum Gasteiger partial charge on any atom is -0.377 e. The minimum absolute atomic E-state index is 0.259. The van der Waals surface area contributed by atoms with E-state index in [4.69, 9.17) is 10.5 Å². The van der Waals surface area contributed by atoms with E-state index in [1.807, 2.05) is 13.0 Å². The number of allylic oxidation sites excluding steroid dienone is 1. The minimum atomic E-state index is 0.259. The molecule has 0 aromatic heterocycles. The zero-order chi connectivity index (χ0) is 8.53. The van der Waals surface area contributed by atoms with E-state index < -0.39 is 0 Å². The Hall–Kier alpha value is -1.48. The third-order valence-corrected chi connectivity index (χ3v) is 1.12. The number of nitrogens with one attached hydrogen (secondary N) is 1. The van der Waals surface area contributed by atoms with Crippen LogP contribution in [0.4, 0.5) is 0 Å². The van der Waals surface area contributed by atoms with Crippen molar-refractivity contribution in [1.29, 1.82) is 10.5 Å². The maximum Gasteiger partial charge on any atom is 0.102 e. The number of rotatable bonds is 4. The van der Waals surface area contributed by atoms with Gasteiger partial charge in [-0.15, -0.1) is 0 Å². The molecule has 0 amide bonds. The van der Waals surface area contributed by atoms with Gasteiger partial charge in [0.15, 0.2) is 0 Å². The van der Waals surface area contributed by atoms with Crippen molar-refractivity contribution in [2.24, 2.45) is 0 Å². The van der Waals surface area contributed by atoms with E-state index in [1.165, 1.54) is 0 Å². The fraction of sp³-hybridized carbons (Fsp3) is 0.500. The van der Waals surface area contributed by atoms with E-state index in [0.717, 1.165) is 12.8 Å². The van der Waals surface area contributed by atoms with Crippen molar-refractivity contribution in [2.45, 2.75) is 19.8 Å². The fourth-order valence-electron chi connectivity index (χ4n) is 0.650. The Bertz CT molecular complexity index is 204. The topological polar surface area (TPSA) is 59.6 Å². The van der Waals surface area contributed by atoms with Crippen molar-refractivity contribution >= 4 is 0 Å². The van der Waals surface area contributed by atoms with Crippen molar-refractivity contribution in [1.82, 2.24) is 5.32 Å². The van der Waals surface area contributed by atoms with Gasteiger partial charge in [0.25, 0.3) is 0 Å². The number of hydrogen-bond acceptors (Lipinski definition) is 3. The molecule has 0 aliphatic heterocycles. The number of nitriles is 2. The molecule has 3 heteroatoms. The van der Waals surface area contributed by atoms with Gasteiger partial charge in [-0.05, 0) is 6.42 Å². The third-order valence-electron chi connectivity index (χ3n) is 1.12. The Morgan fingerprint density at radius 1 is 1.55 bits per heavy atom. The highest BCUT2D eigenvalue weighted by atomic mass is 14.8. The summed E-state index contributed by atoms with van der Waals surface area (Å²) in [5.41, 5.74) is 0.697. The molecular formula is C8H11N3. The lowest BCUT2D eigenvalue weighted by molar-refractivity contribution is 0.898. The van der Waals surface area contributed by atoms with Gasteiger partial charge in [0.1, 0.15) is 6.54 Å². The van der Waals surface area contributed by atoms with Crippen LogP contribution in [0.5, 0.6) is 0 Å². The second-order valence-electron chi connectivity index (χ2n) is 2.07. The molecule has 0 aromatic carbocycles. The van der Waals surface area contributed by atoms with Crippen LogP contribution in [0.3, 0.4) is 0 Å². The second-order valence-corrected chi connectivity index (χ2v) is 2.07. The molecule has 0 bridgehead atoms. The summed E-state index contributed by atoms with van der Waals surface area (Å²) in [6.45, 7) is 2.27. The van der Waals surface area contributed by atoms with E-state index in [2.05, 4.69) is 11.4 Å². The van der Waals surface area contributed by atoms with E-state index in [1.54, 1.807) is 6.20 Å². The van der Waals surface area contributed by atoms with Crippen molar-refractivity contribution in [3.8, 4) is 12.1 Å². The quantitative estimate of drug-likeness (QED) is 0.372. The normalized spacial score (nSPS) is 9.91. The lowest BCUT2D eigenvalue weighted by atomic mass is 10.2. The average Bonchev–Trinajstić information content (AvgIpc) is 2.03. The first-order chi connectivity index (χ1) is 5.35. The molecular weight excluding hydrogens is 138 g/mol. The Balaban J connectivity index is 3.75. The van der Waals surface area contributed by atoms with E-state index in [9.17, 15) is 0 Å². The zero-order valence-electron chi connectivity index (χ0n) is 6.59. The van der Waals surface area contributed by atoms with Crippen molar-refractivity contribution < 1.29 is 0 Å². The summed E-state index contributed by atoms with van der Waals surface area (Å²) in [6.07, 6.45) is 3.33. The largest absolute Gasteiger partial charge is 0.377 e. The van der Waals surface area contributed by atoms with E-state index in [-0.39, 0.29) is 6.54 Å². The molecule has 0 saturated heterocycles. The summed E-state index contributed by atoms with van der Waals surface area (Å²) in [6, 6.07) is 3.98. The summed E-state index contributed by atoms with van der Waals surface area (Å²) < 4.78 is 0. The van der Waals surface area contributed by atoms with Crippen LogP contribution in [0.15, 0.2) is 11.8 Å². The highest BCUT2D eigenvalue weighted by molar-refractivity contribution is 5.19.